The van der Waals surface area contributed by atoms with Gasteiger partial charge in [0, 0.05) is 18.2 Å². The summed E-state index contributed by atoms with van der Waals surface area (Å²) in [6.07, 6.45) is 0. The molecule has 1 fully saturated rings. The summed E-state index contributed by atoms with van der Waals surface area (Å²) in [5.74, 6) is -5.45. The van der Waals surface area contributed by atoms with Crippen molar-refractivity contribution in [2.24, 2.45) is 0 Å². The Balaban J connectivity index is 2.08. The van der Waals surface area contributed by atoms with Crippen LogP contribution in [-0.2, 0) is 34.7 Å². The lowest BCUT2D eigenvalue weighted by atomic mass is 10.0. The van der Waals surface area contributed by atoms with Gasteiger partial charge in [-0.05, 0) is 0 Å². The molecule has 2 heterocycles. The lowest BCUT2D eigenvalue weighted by Gasteiger charge is -2.49. The lowest BCUT2D eigenvalue weighted by Crippen LogP contribution is -2.71. The van der Waals surface area contributed by atoms with Gasteiger partial charge in [0.05, 0.1) is 0 Å². The number of thioether (sulfide) groups is 1. The summed E-state index contributed by atoms with van der Waals surface area (Å²) in [6.45, 7) is 0.799. The highest BCUT2D eigenvalue weighted by molar-refractivity contribution is 8.00. The number of nitrogens with zero attached hydrogens (tertiary/aromatic N) is 1. The summed E-state index contributed by atoms with van der Waals surface area (Å²) in [6, 6.07) is -1.24. The number of aliphatic carboxylic acids is 1. The molecular weight excluding hydrogens is 417 g/mol. The molecule has 0 spiro atoms. The van der Waals surface area contributed by atoms with Crippen molar-refractivity contribution in [3.63, 3.8) is 0 Å². The van der Waals surface area contributed by atoms with Crippen LogP contribution in [0.2, 0.25) is 0 Å². The number of β-lactam (4-membered cyclic amide) rings is 1. The molecular formula is C13H13F3N2O7S2. The van der Waals surface area contributed by atoms with E-state index in [-0.39, 0.29) is 17.9 Å². The van der Waals surface area contributed by atoms with Crippen molar-refractivity contribution in [1.82, 2.24) is 10.2 Å². The maximum Gasteiger partial charge on any atom is 0.471 e. The average molecular weight is 430 g/mol. The van der Waals surface area contributed by atoms with Gasteiger partial charge in [-0.3, -0.25) is 19.3 Å². The highest BCUT2D eigenvalue weighted by atomic mass is 32.2. The first-order valence-corrected chi connectivity index (χ1v) is 9.58. The van der Waals surface area contributed by atoms with Crippen LogP contribution in [0.25, 0.3) is 0 Å². The number of carboxylic acids is 1. The van der Waals surface area contributed by atoms with Gasteiger partial charge in [-0.15, -0.1) is 11.8 Å². The Labute approximate surface area is 156 Å². The maximum atomic E-state index is 12.2. The second kappa shape index (κ2) is 7.88. The van der Waals surface area contributed by atoms with Crippen LogP contribution < -0.4 is 5.32 Å². The number of carbonyl (C=O) groups is 4. The van der Waals surface area contributed by atoms with Gasteiger partial charge in [0.25, 0.3) is 5.91 Å². The molecule has 2 N–H and O–H groups in total. The van der Waals surface area contributed by atoms with Crippen LogP contribution in [-0.4, -0.2) is 73.0 Å². The van der Waals surface area contributed by atoms with E-state index in [9.17, 15) is 41.7 Å². The van der Waals surface area contributed by atoms with Gasteiger partial charge in [0.15, 0.2) is 0 Å². The van der Waals surface area contributed by atoms with Crippen molar-refractivity contribution in [3.8, 4) is 0 Å². The zero-order chi connectivity index (χ0) is 20.5. The number of hydrogen-bond acceptors (Lipinski definition) is 7. The fourth-order valence-electron chi connectivity index (χ4n) is 2.40. The molecule has 2 amide bonds. The first kappa shape index (κ1) is 21.2. The van der Waals surface area contributed by atoms with E-state index in [4.69, 9.17) is 4.74 Å². The van der Waals surface area contributed by atoms with Gasteiger partial charge in [-0.1, -0.05) is 0 Å². The summed E-state index contributed by atoms with van der Waals surface area (Å²) in [7, 11) is -3.41. The van der Waals surface area contributed by atoms with E-state index in [0.29, 0.717) is 0 Å². The average Bonchev–Trinajstić information content (AvgIpc) is 2.55. The monoisotopic (exact) mass is 430 g/mol. The van der Waals surface area contributed by atoms with Crippen LogP contribution in [0.1, 0.15) is 6.92 Å². The molecule has 0 saturated carbocycles. The molecule has 0 aromatic rings. The van der Waals surface area contributed by atoms with E-state index >= 15 is 0 Å². The van der Waals surface area contributed by atoms with E-state index in [0.717, 1.165) is 23.6 Å². The Kier molecular flexibility index (Phi) is 6.19. The van der Waals surface area contributed by atoms with Gasteiger partial charge in [0.2, 0.25) is 5.91 Å². The number of ether oxygens (including phenoxy) is 1. The number of alkyl halides is 3. The predicted octanol–water partition coefficient (Wildman–Crippen LogP) is -0.443. The van der Waals surface area contributed by atoms with Crippen LogP contribution in [0.3, 0.4) is 0 Å². The molecule has 0 aromatic heterocycles. The molecule has 0 aromatic carbocycles. The van der Waals surface area contributed by atoms with Gasteiger partial charge in [-0.2, -0.15) is 13.2 Å². The summed E-state index contributed by atoms with van der Waals surface area (Å²) >= 11 is 1.05. The van der Waals surface area contributed by atoms with Gasteiger partial charge in [-0.25, -0.2) is 9.00 Å². The molecule has 150 valence electrons. The summed E-state index contributed by atoms with van der Waals surface area (Å²) in [5, 5.41) is 10.5. The number of amides is 2. The number of rotatable bonds is 6. The Hall–Kier alpha value is -2.09. The third-order valence-electron chi connectivity index (χ3n) is 3.54. The molecule has 0 radical (unpaired) electrons. The molecule has 2 aliphatic rings. The fourth-order valence-corrected chi connectivity index (χ4v) is 4.21. The van der Waals surface area contributed by atoms with Crippen molar-refractivity contribution in [2.75, 3.05) is 18.1 Å². The van der Waals surface area contributed by atoms with Crippen molar-refractivity contribution in [2.45, 2.75) is 23.8 Å². The molecule has 2 aliphatic heterocycles. The normalized spacial score (nSPS) is 23.3. The summed E-state index contributed by atoms with van der Waals surface area (Å²) in [5.41, 5.74) is -5.28. The Morgan fingerprint density at radius 1 is 1.41 bits per heavy atom. The standard InChI is InChI=1S/C13H13F3N2O7S2/c1-5(19)25-2-6-3-26-11-8(10(21)18(11)9(6)12(22)23)17-7(20)4-27(24)13(14,15)16/h8,11H,2-4H2,1H3,(H,17,20)(H,22,23)/t8-,11-,27?/m1/s1. The number of nitrogens with one attached hydrogen (secondary N) is 1. The minimum atomic E-state index is -5.06. The van der Waals surface area contributed by atoms with Crippen molar-refractivity contribution >= 4 is 46.3 Å². The van der Waals surface area contributed by atoms with Crippen molar-refractivity contribution < 1.29 is 46.4 Å². The molecule has 0 bridgehead atoms. The van der Waals surface area contributed by atoms with E-state index in [1.54, 1.807) is 0 Å². The van der Waals surface area contributed by atoms with Crippen LogP contribution in [0.4, 0.5) is 13.2 Å². The second-order valence-electron chi connectivity index (χ2n) is 5.43. The smallest absolute Gasteiger partial charge is 0.471 e. The third kappa shape index (κ3) is 4.61. The first-order chi connectivity index (χ1) is 12.4. The zero-order valence-corrected chi connectivity index (χ0v) is 15.2. The number of hydrogen-bond donors (Lipinski definition) is 2. The van der Waals surface area contributed by atoms with Gasteiger partial charge < -0.3 is 15.2 Å². The largest absolute Gasteiger partial charge is 0.477 e. The topological polar surface area (TPSA) is 130 Å². The predicted molar refractivity (Wildman–Crippen MR) is 85.4 cm³/mol. The highest BCUT2D eigenvalue weighted by Gasteiger charge is 2.54. The number of esters is 1. The summed E-state index contributed by atoms with van der Waals surface area (Å²) in [4.78, 5) is 47.1. The molecule has 27 heavy (non-hydrogen) atoms. The molecule has 1 saturated heterocycles. The van der Waals surface area contributed by atoms with Crippen molar-refractivity contribution in [1.29, 1.82) is 0 Å². The van der Waals surface area contributed by atoms with Gasteiger partial charge >= 0.3 is 17.4 Å². The number of fused-ring (bicyclic) bond motifs is 1. The first-order valence-electron chi connectivity index (χ1n) is 7.21. The lowest BCUT2D eigenvalue weighted by molar-refractivity contribution is -0.150. The third-order valence-corrected chi connectivity index (χ3v) is 5.92. The van der Waals surface area contributed by atoms with E-state index < -0.39 is 62.9 Å². The quantitative estimate of drug-likeness (QED) is 0.428. The molecule has 1 unspecified atom stereocenters. The van der Waals surface area contributed by atoms with E-state index in [1.807, 2.05) is 5.32 Å². The number of carboxylic acid groups (broad SMARTS) is 1. The fraction of sp³-hybridized carbons (Fsp3) is 0.538. The molecule has 9 nitrogen and oxygen atoms in total. The van der Waals surface area contributed by atoms with Gasteiger partial charge in [0.1, 0.15) is 40.3 Å². The Bertz CT molecular complexity index is 753. The molecule has 0 aliphatic carbocycles. The summed E-state index contributed by atoms with van der Waals surface area (Å²) < 4.78 is 52.4. The number of carbonyl (C=O) groups excluding carboxylic acids is 3. The minimum Gasteiger partial charge on any atom is -0.477 e. The molecule has 2 rings (SSSR count). The highest BCUT2D eigenvalue weighted by Crippen LogP contribution is 2.40. The van der Waals surface area contributed by atoms with Crippen LogP contribution in [0, 0.1) is 0 Å². The Morgan fingerprint density at radius 2 is 2.04 bits per heavy atom. The van der Waals surface area contributed by atoms with Crippen molar-refractivity contribution in [3.05, 3.63) is 11.3 Å². The minimum absolute atomic E-state index is 0.0736. The van der Waals surface area contributed by atoms with Crippen LogP contribution >= 0.6 is 11.8 Å². The van der Waals surface area contributed by atoms with E-state index in [1.165, 1.54) is 0 Å². The maximum absolute atomic E-state index is 12.2. The Morgan fingerprint density at radius 3 is 2.56 bits per heavy atom. The van der Waals surface area contributed by atoms with Crippen LogP contribution in [0.15, 0.2) is 11.3 Å². The number of halogens is 3. The molecule has 3 atom stereocenters. The molecule has 14 heteroatoms. The SMILES string of the molecule is CC(=O)OCC1=C(C(=O)O)N2C(=O)[C@@H](NC(=O)CS(=O)C(F)(F)F)[C@H]2SC1. The second-order valence-corrected chi connectivity index (χ2v) is 7.98. The van der Waals surface area contributed by atoms with E-state index in [2.05, 4.69) is 0 Å². The zero-order valence-electron chi connectivity index (χ0n) is 13.6. The van der Waals surface area contributed by atoms with Crippen LogP contribution in [0.5, 0.6) is 0 Å².